The first-order chi connectivity index (χ1) is 8.83. The number of nitrogens with zero attached hydrogens (tertiary/aromatic N) is 4. The van der Waals surface area contributed by atoms with Crippen molar-refractivity contribution in [2.45, 2.75) is 33.1 Å². The monoisotopic (exact) mass is 250 g/mol. The molecule has 1 saturated heterocycles. The highest BCUT2D eigenvalue weighted by Crippen LogP contribution is 2.18. The van der Waals surface area contributed by atoms with Crippen LogP contribution in [-0.4, -0.2) is 41.1 Å². The summed E-state index contributed by atoms with van der Waals surface area (Å²) in [5, 5.41) is 6.39. The lowest BCUT2D eigenvalue weighted by Crippen LogP contribution is -2.22. The van der Waals surface area contributed by atoms with Crippen LogP contribution in [0, 0.1) is 0 Å². The Kier molecular flexibility index (Phi) is 4.55. The average molecular weight is 250 g/mol. The summed E-state index contributed by atoms with van der Waals surface area (Å²) in [5.41, 5.74) is 0. The first-order valence-electron chi connectivity index (χ1n) is 6.82. The van der Waals surface area contributed by atoms with Crippen LogP contribution in [0.3, 0.4) is 0 Å². The third kappa shape index (κ3) is 3.21. The zero-order chi connectivity index (χ0) is 12.8. The molecule has 0 bridgehead atoms. The van der Waals surface area contributed by atoms with Gasteiger partial charge < -0.3 is 15.5 Å². The molecule has 2 N–H and O–H groups in total. The van der Waals surface area contributed by atoms with Crippen molar-refractivity contribution in [1.82, 2.24) is 15.0 Å². The van der Waals surface area contributed by atoms with Crippen LogP contribution in [0.25, 0.3) is 0 Å². The van der Waals surface area contributed by atoms with E-state index in [2.05, 4.69) is 37.4 Å². The van der Waals surface area contributed by atoms with Crippen LogP contribution in [0.1, 0.15) is 33.1 Å². The van der Waals surface area contributed by atoms with Gasteiger partial charge in [0.15, 0.2) is 0 Å². The van der Waals surface area contributed by atoms with Crippen molar-refractivity contribution in [3.8, 4) is 0 Å². The Morgan fingerprint density at radius 3 is 2.28 bits per heavy atom. The Morgan fingerprint density at radius 1 is 1.00 bits per heavy atom. The molecular weight excluding hydrogens is 228 g/mol. The van der Waals surface area contributed by atoms with E-state index in [1.165, 1.54) is 12.8 Å². The predicted octanol–water partition coefficient (Wildman–Crippen LogP) is 1.73. The molecule has 0 aromatic carbocycles. The Morgan fingerprint density at radius 2 is 1.67 bits per heavy atom. The number of hydrogen-bond donors (Lipinski definition) is 2. The summed E-state index contributed by atoms with van der Waals surface area (Å²) in [6, 6.07) is 0. The third-order valence-corrected chi connectivity index (χ3v) is 2.88. The van der Waals surface area contributed by atoms with Gasteiger partial charge in [-0.15, -0.1) is 0 Å². The molecule has 18 heavy (non-hydrogen) atoms. The molecule has 0 aliphatic carbocycles. The van der Waals surface area contributed by atoms with Crippen LogP contribution in [0.4, 0.5) is 17.8 Å². The highest BCUT2D eigenvalue weighted by atomic mass is 15.3. The van der Waals surface area contributed by atoms with Crippen molar-refractivity contribution in [1.29, 1.82) is 0 Å². The van der Waals surface area contributed by atoms with Gasteiger partial charge in [0.25, 0.3) is 0 Å². The quantitative estimate of drug-likeness (QED) is 0.801. The molecule has 2 rings (SSSR count). The highest BCUT2D eigenvalue weighted by Gasteiger charge is 2.17. The normalized spacial score (nSPS) is 14.9. The van der Waals surface area contributed by atoms with Crippen LogP contribution in [0.5, 0.6) is 0 Å². The van der Waals surface area contributed by atoms with Crippen LogP contribution in [0.15, 0.2) is 0 Å². The largest absolute Gasteiger partial charge is 0.354 e. The second-order valence-corrected chi connectivity index (χ2v) is 4.43. The molecular formula is C12H22N6. The van der Waals surface area contributed by atoms with Crippen molar-refractivity contribution in [3.63, 3.8) is 0 Å². The Bertz CT molecular complexity index is 375. The number of rotatable bonds is 6. The molecule has 1 aliphatic heterocycles. The summed E-state index contributed by atoms with van der Waals surface area (Å²) in [6.45, 7) is 7.95. The van der Waals surface area contributed by atoms with Crippen LogP contribution in [0.2, 0.25) is 0 Å². The fraction of sp³-hybridized carbons (Fsp3) is 0.750. The molecule has 0 unspecified atom stereocenters. The molecule has 2 heterocycles. The van der Waals surface area contributed by atoms with E-state index in [1.807, 2.05) is 6.92 Å². The molecule has 100 valence electrons. The van der Waals surface area contributed by atoms with Gasteiger partial charge in [-0.25, -0.2) is 0 Å². The maximum atomic E-state index is 4.49. The maximum Gasteiger partial charge on any atom is 0.231 e. The van der Waals surface area contributed by atoms with Crippen molar-refractivity contribution in [2.24, 2.45) is 0 Å². The Hall–Kier alpha value is -1.59. The summed E-state index contributed by atoms with van der Waals surface area (Å²) >= 11 is 0. The molecule has 1 aromatic rings. The van der Waals surface area contributed by atoms with Crippen molar-refractivity contribution < 1.29 is 0 Å². The lowest BCUT2D eigenvalue weighted by molar-refractivity contribution is 0.869. The molecule has 0 amide bonds. The number of anilines is 3. The molecule has 0 atom stereocenters. The SMILES string of the molecule is CCCNc1nc(NCC)nc(N2CCCC2)n1. The minimum absolute atomic E-state index is 0.660. The Labute approximate surface area is 108 Å². The molecule has 0 radical (unpaired) electrons. The van der Waals surface area contributed by atoms with E-state index < -0.39 is 0 Å². The lowest BCUT2D eigenvalue weighted by atomic mass is 10.4. The summed E-state index contributed by atoms with van der Waals surface area (Å²) < 4.78 is 0. The number of aromatic nitrogens is 3. The van der Waals surface area contributed by atoms with Gasteiger partial charge in [0.05, 0.1) is 0 Å². The molecule has 6 heteroatoms. The van der Waals surface area contributed by atoms with Gasteiger partial charge in [0.1, 0.15) is 0 Å². The summed E-state index contributed by atoms with van der Waals surface area (Å²) in [7, 11) is 0. The van der Waals surface area contributed by atoms with Gasteiger partial charge in [-0.05, 0) is 26.2 Å². The zero-order valence-electron chi connectivity index (χ0n) is 11.2. The van der Waals surface area contributed by atoms with E-state index in [0.29, 0.717) is 11.9 Å². The minimum atomic E-state index is 0.660. The van der Waals surface area contributed by atoms with Crippen molar-refractivity contribution in [2.75, 3.05) is 41.7 Å². The van der Waals surface area contributed by atoms with E-state index in [1.54, 1.807) is 0 Å². The van der Waals surface area contributed by atoms with E-state index >= 15 is 0 Å². The summed E-state index contributed by atoms with van der Waals surface area (Å²) in [5.74, 6) is 2.12. The van der Waals surface area contributed by atoms with E-state index in [4.69, 9.17) is 0 Å². The highest BCUT2D eigenvalue weighted by molar-refractivity contribution is 5.44. The van der Waals surface area contributed by atoms with Crippen LogP contribution < -0.4 is 15.5 Å². The molecule has 0 spiro atoms. The van der Waals surface area contributed by atoms with Crippen LogP contribution >= 0.6 is 0 Å². The van der Waals surface area contributed by atoms with Gasteiger partial charge >= 0.3 is 0 Å². The lowest BCUT2D eigenvalue weighted by Gasteiger charge is -2.16. The molecule has 1 aliphatic rings. The predicted molar refractivity (Wildman–Crippen MR) is 74.2 cm³/mol. The average Bonchev–Trinajstić information content (AvgIpc) is 2.90. The topological polar surface area (TPSA) is 66.0 Å². The summed E-state index contributed by atoms with van der Waals surface area (Å²) in [6.07, 6.45) is 3.50. The fourth-order valence-electron chi connectivity index (χ4n) is 1.98. The first-order valence-corrected chi connectivity index (χ1v) is 6.82. The Balaban J connectivity index is 2.17. The smallest absolute Gasteiger partial charge is 0.231 e. The minimum Gasteiger partial charge on any atom is -0.354 e. The van der Waals surface area contributed by atoms with E-state index in [9.17, 15) is 0 Å². The van der Waals surface area contributed by atoms with Gasteiger partial charge in [-0.3, -0.25) is 0 Å². The van der Waals surface area contributed by atoms with Crippen molar-refractivity contribution in [3.05, 3.63) is 0 Å². The standard InChI is InChI=1S/C12H22N6/c1-3-7-14-11-15-10(13-4-2)16-12(17-11)18-8-5-6-9-18/h3-9H2,1-2H3,(H2,13,14,15,16,17). The van der Waals surface area contributed by atoms with E-state index in [-0.39, 0.29) is 0 Å². The molecule has 0 saturated carbocycles. The van der Waals surface area contributed by atoms with Gasteiger partial charge in [0.2, 0.25) is 17.8 Å². The van der Waals surface area contributed by atoms with Gasteiger partial charge in [0, 0.05) is 26.2 Å². The van der Waals surface area contributed by atoms with Crippen molar-refractivity contribution >= 4 is 17.8 Å². The first kappa shape index (κ1) is 12.9. The number of hydrogen-bond acceptors (Lipinski definition) is 6. The van der Waals surface area contributed by atoms with Crippen LogP contribution in [-0.2, 0) is 0 Å². The number of nitrogens with one attached hydrogen (secondary N) is 2. The maximum absolute atomic E-state index is 4.49. The molecule has 1 fully saturated rings. The summed E-state index contributed by atoms with van der Waals surface area (Å²) in [4.78, 5) is 15.5. The van der Waals surface area contributed by atoms with Gasteiger partial charge in [-0.2, -0.15) is 15.0 Å². The second kappa shape index (κ2) is 6.37. The molecule has 6 nitrogen and oxygen atoms in total. The third-order valence-electron chi connectivity index (χ3n) is 2.88. The zero-order valence-corrected chi connectivity index (χ0v) is 11.2. The fourth-order valence-corrected chi connectivity index (χ4v) is 1.98. The van der Waals surface area contributed by atoms with Gasteiger partial charge in [-0.1, -0.05) is 6.92 Å². The second-order valence-electron chi connectivity index (χ2n) is 4.43. The molecule has 1 aromatic heterocycles. The van der Waals surface area contributed by atoms with E-state index in [0.717, 1.165) is 38.5 Å².